The monoisotopic (exact) mass is 515 g/mol. The van der Waals surface area contributed by atoms with E-state index in [0.717, 1.165) is 49.5 Å². The summed E-state index contributed by atoms with van der Waals surface area (Å²) < 4.78 is 8.38. The summed E-state index contributed by atoms with van der Waals surface area (Å²) in [5.41, 5.74) is 7.42. The second kappa shape index (κ2) is 12.3. The van der Waals surface area contributed by atoms with Crippen LogP contribution in [0, 0.1) is 0 Å². The number of fused-ring (bicyclic) bond motifs is 2. The minimum atomic E-state index is -1.12. The first-order valence-electron chi connectivity index (χ1n) is 13.6. The van der Waals surface area contributed by atoms with Crippen molar-refractivity contribution in [2.45, 2.75) is 90.5 Å². The number of nitrogens with one attached hydrogen (secondary N) is 1. The summed E-state index contributed by atoms with van der Waals surface area (Å²) >= 11 is 1.94. The van der Waals surface area contributed by atoms with Crippen LogP contribution in [0.1, 0.15) is 54.8 Å². The fourth-order valence-electron chi connectivity index (χ4n) is 5.18. The normalized spacial score (nSPS) is 15.1. The Morgan fingerprint density at radius 1 is 1.03 bits per heavy atom. The number of aromatic nitrogens is 3. The molecule has 35 heavy (non-hydrogen) atoms. The van der Waals surface area contributed by atoms with Crippen LogP contribution in [0.2, 0.25) is 25.7 Å². The van der Waals surface area contributed by atoms with Gasteiger partial charge in [0, 0.05) is 32.7 Å². The van der Waals surface area contributed by atoms with Gasteiger partial charge in [0.05, 0.1) is 5.75 Å². The number of thioether (sulfide) groups is 1. The minimum Gasteiger partial charge on any atom is -0.361 e. The summed E-state index contributed by atoms with van der Waals surface area (Å²) in [4.78, 5) is 2.47. The molecule has 0 spiro atoms. The first-order valence-corrected chi connectivity index (χ1v) is 18.5. The Bertz CT molecular complexity index is 951. The van der Waals surface area contributed by atoms with Crippen LogP contribution < -0.4 is 5.32 Å². The van der Waals surface area contributed by atoms with E-state index in [1.54, 1.807) is 0 Å². The minimum absolute atomic E-state index is 0.517. The second-order valence-corrected chi connectivity index (χ2v) is 17.9. The van der Waals surface area contributed by atoms with E-state index in [0.29, 0.717) is 6.73 Å². The first kappa shape index (κ1) is 26.7. The molecule has 6 nitrogen and oxygen atoms in total. The Labute approximate surface area is 217 Å². The van der Waals surface area contributed by atoms with Gasteiger partial charge >= 0.3 is 0 Å². The summed E-state index contributed by atoms with van der Waals surface area (Å²) in [6.45, 7) is 16.3. The average Bonchev–Trinajstić information content (AvgIpc) is 3.56. The zero-order chi connectivity index (χ0) is 24.8. The molecule has 0 aliphatic heterocycles. The molecule has 1 aromatic heterocycles. The molecule has 0 saturated carbocycles. The summed E-state index contributed by atoms with van der Waals surface area (Å²) in [6.07, 6.45) is 7.26. The van der Waals surface area contributed by atoms with E-state index in [4.69, 9.17) is 4.74 Å². The van der Waals surface area contributed by atoms with Gasteiger partial charge in [-0.3, -0.25) is 4.57 Å². The Kier molecular flexibility index (Phi) is 9.35. The molecular formula is C27H45N5OSSi. The van der Waals surface area contributed by atoms with Crippen molar-refractivity contribution in [1.29, 1.82) is 0 Å². The number of anilines is 2. The maximum absolute atomic E-state index is 6.20. The van der Waals surface area contributed by atoms with Gasteiger partial charge in [0.15, 0.2) is 0 Å². The molecule has 1 N–H and O–H groups in total. The predicted octanol–water partition coefficient (Wildman–Crippen LogP) is 5.89. The van der Waals surface area contributed by atoms with Crippen molar-refractivity contribution in [3.63, 3.8) is 0 Å². The molecule has 0 radical (unpaired) electrons. The van der Waals surface area contributed by atoms with E-state index in [2.05, 4.69) is 64.5 Å². The molecule has 1 aromatic carbocycles. The van der Waals surface area contributed by atoms with Crippen LogP contribution in [0.3, 0.4) is 0 Å². The highest BCUT2D eigenvalue weighted by atomic mass is 32.2. The molecule has 2 aromatic rings. The fraction of sp³-hybridized carbons (Fsp3) is 0.704. The van der Waals surface area contributed by atoms with E-state index in [1.165, 1.54) is 72.5 Å². The van der Waals surface area contributed by atoms with Gasteiger partial charge in [0.1, 0.15) is 12.6 Å². The summed E-state index contributed by atoms with van der Waals surface area (Å²) in [5, 5.41) is 13.0. The lowest BCUT2D eigenvalue weighted by Gasteiger charge is -2.19. The standard InChI is InChI=1S/C27H45N5OSSi/c1-6-31(7-2)14-16-34-19-25-29-30-27(32(25)20-33-15-17-35(3,4)5)28-26-23-12-8-10-21(23)18-22-11-9-13-24(22)26/h18H,6-17,19-20H2,1-5H3,(H,28,30). The molecule has 8 heteroatoms. The van der Waals surface area contributed by atoms with Gasteiger partial charge in [-0.1, -0.05) is 39.6 Å². The van der Waals surface area contributed by atoms with Crippen LogP contribution in [0.25, 0.3) is 0 Å². The fourth-order valence-corrected chi connectivity index (χ4v) is 6.86. The van der Waals surface area contributed by atoms with Crippen LogP contribution in [-0.2, 0) is 42.9 Å². The number of benzene rings is 1. The lowest BCUT2D eigenvalue weighted by molar-refractivity contribution is 0.0868. The molecule has 0 unspecified atom stereocenters. The van der Waals surface area contributed by atoms with Crippen molar-refractivity contribution in [3.05, 3.63) is 34.1 Å². The molecule has 0 atom stereocenters. The Morgan fingerprint density at radius 2 is 1.71 bits per heavy atom. The maximum atomic E-state index is 6.20. The van der Waals surface area contributed by atoms with Crippen molar-refractivity contribution >= 4 is 31.5 Å². The van der Waals surface area contributed by atoms with Crippen LogP contribution in [0.4, 0.5) is 11.6 Å². The molecule has 194 valence electrons. The van der Waals surface area contributed by atoms with Crippen LogP contribution in [0.15, 0.2) is 6.07 Å². The Morgan fingerprint density at radius 3 is 2.34 bits per heavy atom. The summed E-state index contributed by atoms with van der Waals surface area (Å²) in [6, 6.07) is 3.66. The predicted molar refractivity (Wildman–Crippen MR) is 152 cm³/mol. The van der Waals surface area contributed by atoms with Crippen molar-refractivity contribution < 1.29 is 4.74 Å². The zero-order valence-corrected chi connectivity index (χ0v) is 24.4. The van der Waals surface area contributed by atoms with Crippen LogP contribution in [-0.4, -0.2) is 59.7 Å². The molecule has 2 aliphatic rings. The van der Waals surface area contributed by atoms with Crippen LogP contribution in [0.5, 0.6) is 0 Å². The Hall–Kier alpha value is -1.35. The number of hydrogen-bond acceptors (Lipinski definition) is 6. The maximum Gasteiger partial charge on any atom is 0.231 e. The van der Waals surface area contributed by atoms with Crippen molar-refractivity contribution in [1.82, 2.24) is 19.7 Å². The van der Waals surface area contributed by atoms with Crippen molar-refractivity contribution in [3.8, 4) is 0 Å². The third-order valence-corrected chi connectivity index (χ3v) is 10.1. The van der Waals surface area contributed by atoms with Crippen LogP contribution >= 0.6 is 11.8 Å². The number of hydrogen-bond donors (Lipinski definition) is 1. The molecule has 2 aliphatic carbocycles. The van der Waals surface area contributed by atoms with Gasteiger partial charge in [0.25, 0.3) is 0 Å². The van der Waals surface area contributed by atoms with Crippen molar-refractivity contribution in [2.24, 2.45) is 0 Å². The molecule has 0 saturated heterocycles. The van der Waals surface area contributed by atoms with E-state index in [-0.39, 0.29) is 0 Å². The lowest BCUT2D eigenvalue weighted by Crippen LogP contribution is -2.25. The number of rotatable bonds is 14. The zero-order valence-electron chi connectivity index (χ0n) is 22.6. The highest BCUT2D eigenvalue weighted by molar-refractivity contribution is 7.98. The highest BCUT2D eigenvalue weighted by Crippen LogP contribution is 2.39. The molecule has 0 fully saturated rings. The largest absolute Gasteiger partial charge is 0.361 e. The topological polar surface area (TPSA) is 55.2 Å². The molecule has 0 bridgehead atoms. The highest BCUT2D eigenvalue weighted by Gasteiger charge is 2.25. The van der Waals surface area contributed by atoms with Crippen molar-refractivity contribution in [2.75, 3.05) is 37.3 Å². The smallest absolute Gasteiger partial charge is 0.231 e. The molecule has 0 amide bonds. The Balaban J connectivity index is 1.50. The third-order valence-electron chi connectivity index (χ3n) is 7.43. The second-order valence-electron chi connectivity index (χ2n) is 11.2. The van der Waals surface area contributed by atoms with Gasteiger partial charge in [0.2, 0.25) is 5.95 Å². The molecule has 4 rings (SSSR count). The number of aryl methyl sites for hydroxylation is 2. The third kappa shape index (κ3) is 6.90. The number of nitrogens with zero attached hydrogens (tertiary/aromatic N) is 4. The van der Waals surface area contributed by atoms with Gasteiger partial charge in [-0.05, 0) is 79.9 Å². The van der Waals surface area contributed by atoms with E-state index in [1.807, 2.05) is 11.8 Å². The van der Waals surface area contributed by atoms with Gasteiger partial charge in [-0.15, -0.1) is 10.2 Å². The van der Waals surface area contributed by atoms with Gasteiger partial charge in [-0.2, -0.15) is 11.8 Å². The summed E-state index contributed by atoms with van der Waals surface area (Å²) in [5.74, 6) is 3.81. The van der Waals surface area contributed by atoms with E-state index in [9.17, 15) is 0 Å². The van der Waals surface area contributed by atoms with Gasteiger partial charge < -0.3 is 15.0 Å². The average molecular weight is 516 g/mol. The van der Waals surface area contributed by atoms with Gasteiger partial charge in [-0.25, -0.2) is 0 Å². The SMILES string of the molecule is CCN(CC)CCSCc1nnc(Nc2c3c(cc4c2CCC4)CCC3)n1COCC[Si](C)(C)C. The lowest BCUT2D eigenvalue weighted by atomic mass is 9.99. The molecule has 1 heterocycles. The van der Waals surface area contributed by atoms with E-state index >= 15 is 0 Å². The van der Waals surface area contributed by atoms with E-state index < -0.39 is 8.07 Å². The quantitative estimate of drug-likeness (QED) is 0.250. The number of ether oxygens (including phenoxy) is 1. The summed E-state index contributed by atoms with van der Waals surface area (Å²) in [7, 11) is -1.12. The first-order chi connectivity index (χ1) is 16.9. The molecular weight excluding hydrogens is 470 g/mol.